The Morgan fingerprint density at radius 1 is 1.26 bits per heavy atom. The van der Waals surface area contributed by atoms with Gasteiger partial charge in [-0.1, -0.05) is 12.1 Å². The first-order valence-electron chi connectivity index (χ1n) is 9.42. The van der Waals surface area contributed by atoms with Crippen molar-refractivity contribution >= 4 is 15.8 Å². The largest absolute Gasteiger partial charge is 0.491 e. The maximum atomic E-state index is 11.5. The van der Waals surface area contributed by atoms with Crippen LogP contribution in [0.1, 0.15) is 25.0 Å². The molecule has 152 valence electrons. The van der Waals surface area contributed by atoms with E-state index in [1.807, 2.05) is 13.8 Å². The molecule has 2 rings (SSSR count). The highest BCUT2D eigenvalue weighted by molar-refractivity contribution is 7.91. The molecular formula is C19H32N4O3S. The summed E-state index contributed by atoms with van der Waals surface area (Å²) in [6.07, 6.45) is 0.122. The zero-order valence-electron chi connectivity index (χ0n) is 16.8. The van der Waals surface area contributed by atoms with Crippen LogP contribution in [0.4, 0.5) is 0 Å². The maximum absolute atomic E-state index is 11.5. The minimum Gasteiger partial charge on any atom is -0.491 e. The molecule has 2 N–H and O–H groups in total. The van der Waals surface area contributed by atoms with Crippen molar-refractivity contribution in [2.45, 2.75) is 33.4 Å². The van der Waals surface area contributed by atoms with Gasteiger partial charge in [-0.05, 0) is 32.4 Å². The summed E-state index contributed by atoms with van der Waals surface area (Å²) < 4.78 is 28.9. The summed E-state index contributed by atoms with van der Waals surface area (Å²) >= 11 is 0. The molecule has 0 aromatic heterocycles. The summed E-state index contributed by atoms with van der Waals surface area (Å²) in [7, 11) is -1.09. The molecule has 1 aliphatic rings. The molecule has 0 radical (unpaired) electrons. The molecule has 1 aliphatic heterocycles. The summed E-state index contributed by atoms with van der Waals surface area (Å²) in [5.74, 6) is 2.12. The average Bonchev–Trinajstić information content (AvgIpc) is 2.60. The van der Waals surface area contributed by atoms with Crippen molar-refractivity contribution in [3.05, 3.63) is 29.3 Å². The van der Waals surface area contributed by atoms with Gasteiger partial charge in [0.25, 0.3) is 0 Å². The van der Waals surface area contributed by atoms with Gasteiger partial charge in [0.05, 0.1) is 17.6 Å². The van der Waals surface area contributed by atoms with Crippen LogP contribution in [0.2, 0.25) is 0 Å². The molecule has 0 aliphatic carbocycles. The van der Waals surface area contributed by atoms with E-state index in [4.69, 9.17) is 4.74 Å². The summed E-state index contributed by atoms with van der Waals surface area (Å²) in [6, 6.07) is 6.20. The number of guanidine groups is 1. The van der Waals surface area contributed by atoms with Crippen molar-refractivity contribution in [1.29, 1.82) is 0 Å². The zero-order valence-corrected chi connectivity index (χ0v) is 17.6. The molecule has 1 aromatic carbocycles. The van der Waals surface area contributed by atoms with Gasteiger partial charge in [-0.2, -0.15) is 0 Å². The van der Waals surface area contributed by atoms with Gasteiger partial charge < -0.3 is 15.4 Å². The number of benzene rings is 1. The second-order valence-corrected chi connectivity index (χ2v) is 9.43. The molecule has 0 amide bonds. The molecule has 1 heterocycles. The van der Waals surface area contributed by atoms with E-state index in [2.05, 4.69) is 45.6 Å². The van der Waals surface area contributed by atoms with E-state index in [1.165, 1.54) is 5.56 Å². The van der Waals surface area contributed by atoms with Gasteiger partial charge in [0.2, 0.25) is 0 Å². The predicted octanol–water partition coefficient (Wildman–Crippen LogP) is 1.18. The Hall–Kier alpha value is -1.80. The molecule has 1 aromatic rings. The van der Waals surface area contributed by atoms with Crippen LogP contribution in [0.25, 0.3) is 0 Å². The molecule has 27 heavy (non-hydrogen) atoms. The molecule has 0 spiro atoms. The smallest absolute Gasteiger partial charge is 0.191 e. The minimum absolute atomic E-state index is 0.122. The van der Waals surface area contributed by atoms with Crippen LogP contribution >= 0.6 is 0 Å². The fourth-order valence-electron chi connectivity index (χ4n) is 2.88. The highest BCUT2D eigenvalue weighted by atomic mass is 32.2. The number of hydrogen-bond acceptors (Lipinski definition) is 5. The molecule has 7 nitrogen and oxygen atoms in total. The van der Waals surface area contributed by atoms with Crippen LogP contribution in [0, 0.1) is 6.92 Å². The standard InChI is InChI=1S/C19H32N4O3S/c1-15(2)26-18-13-16(3)5-6-17(18)14-22-19(20-4)21-7-8-23-9-11-27(24,25)12-10-23/h5-6,13,15H,7-12,14H2,1-4H3,(H2,20,21,22). The van der Waals surface area contributed by atoms with Gasteiger partial charge in [0.15, 0.2) is 15.8 Å². The Morgan fingerprint density at radius 3 is 2.59 bits per heavy atom. The monoisotopic (exact) mass is 396 g/mol. The third kappa shape index (κ3) is 7.38. The maximum Gasteiger partial charge on any atom is 0.191 e. The fraction of sp³-hybridized carbons (Fsp3) is 0.632. The van der Waals surface area contributed by atoms with E-state index in [-0.39, 0.29) is 17.6 Å². The number of nitrogens with zero attached hydrogens (tertiary/aromatic N) is 2. The lowest BCUT2D eigenvalue weighted by molar-refractivity contribution is 0.239. The third-order valence-corrected chi connectivity index (χ3v) is 6.02. The van der Waals surface area contributed by atoms with Gasteiger partial charge >= 0.3 is 0 Å². The number of rotatable bonds is 7. The minimum atomic E-state index is -2.83. The van der Waals surface area contributed by atoms with Gasteiger partial charge in [0.1, 0.15) is 5.75 Å². The Bertz CT molecular complexity index is 733. The van der Waals surface area contributed by atoms with Crippen molar-refractivity contribution < 1.29 is 13.2 Å². The second-order valence-electron chi connectivity index (χ2n) is 7.12. The van der Waals surface area contributed by atoms with Crippen LogP contribution in [0.15, 0.2) is 23.2 Å². The van der Waals surface area contributed by atoms with Gasteiger partial charge in [-0.15, -0.1) is 0 Å². The number of nitrogens with one attached hydrogen (secondary N) is 2. The lowest BCUT2D eigenvalue weighted by atomic mass is 10.1. The van der Waals surface area contributed by atoms with Crippen LogP contribution < -0.4 is 15.4 Å². The normalized spacial score (nSPS) is 17.7. The highest BCUT2D eigenvalue weighted by Crippen LogP contribution is 2.21. The topological polar surface area (TPSA) is 83.0 Å². The van der Waals surface area contributed by atoms with Crippen molar-refractivity contribution in [2.75, 3.05) is 44.7 Å². The van der Waals surface area contributed by atoms with E-state index in [0.717, 1.165) is 23.8 Å². The SMILES string of the molecule is CN=C(NCCN1CCS(=O)(=O)CC1)NCc1ccc(C)cc1OC(C)C. The average molecular weight is 397 g/mol. The Morgan fingerprint density at radius 2 is 1.96 bits per heavy atom. The molecule has 8 heteroatoms. The third-order valence-electron chi connectivity index (χ3n) is 4.41. The Labute approximate surface area is 163 Å². The fourth-order valence-corrected chi connectivity index (χ4v) is 4.15. The van der Waals surface area contributed by atoms with Gasteiger partial charge in [-0.25, -0.2) is 8.42 Å². The summed E-state index contributed by atoms with van der Waals surface area (Å²) in [4.78, 5) is 6.42. The number of aryl methyl sites for hydroxylation is 1. The molecule has 0 atom stereocenters. The van der Waals surface area contributed by atoms with Crippen LogP contribution in [-0.4, -0.2) is 70.1 Å². The number of hydrogen-bond donors (Lipinski definition) is 2. The van der Waals surface area contributed by atoms with Gasteiger partial charge in [0, 0.05) is 45.3 Å². The lowest BCUT2D eigenvalue weighted by Crippen LogP contribution is -2.45. The van der Waals surface area contributed by atoms with Crippen molar-refractivity contribution in [3.8, 4) is 5.75 Å². The van der Waals surface area contributed by atoms with Crippen LogP contribution in [-0.2, 0) is 16.4 Å². The molecule has 1 saturated heterocycles. The molecular weight excluding hydrogens is 364 g/mol. The number of ether oxygens (including phenoxy) is 1. The number of aliphatic imine (C=N–C) groups is 1. The lowest BCUT2D eigenvalue weighted by Gasteiger charge is -2.26. The van der Waals surface area contributed by atoms with E-state index >= 15 is 0 Å². The van der Waals surface area contributed by atoms with Crippen LogP contribution in [0.3, 0.4) is 0 Å². The highest BCUT2D eigenvalue weighted by Gasteiger charge is 2.20. The van der Waals surface area contributed by atoms with Gasteiger partial charge in [-0.3, -0.25) is 9.89 Å². The molecule has 0 bridgehead atoms. The molecule has 0 unspecified atom stereocenters. The predicted molar refractivity (Wildman–Crippen MR) is 110 cm³/mol. The summed E-state index contributed by atoms with van der Waals surface area (Å²) in [6.45, 7) is 9.43. The quantitative estimate of drug-likeness (QED) is 0.532. The first-order chi connectivity index (χ1) is 12.8. The van der Waals surface area contributed by atoms with E-state index in [1.54, 1.807) is 7.05 Å². The molecule has 1 fully saturated rings. The molecule has 0 saturated carbocycles. The summed E-state index contributed by atoms with van der Waals surface area (Å²) in [5.41, 5.74) is 2.25. The van der Waals surface area contributed by atoms with E-state index in [0.29, 0.717) is 26.2 Å². The van der Waals surface area contributed by atoms with Crippen molar-refractivity contribution in [3.63, 3.8) is 0 Å². The first-order valence-corrected chi connectivity index (χ1v) is 11.2. The van der Waals surface area contributed by atoms with Crippen molar-refractivity contribution in [2.24, 2.45) is 4.99 Å². The Kier molecular flexibility index (Phi) is 7.91. The summed E-state index contributed by atoms with van der Waals surface area (Å²) in [5, 5.41) is 6.60. The van der Waals surface area contributed by atoms with Crippen molar-refractivity contribution in [1.82, 2.24) is 15.5 Å². The Balaban J connectivity index is 1.80. The second kappa shape index (κ2) is 9.94. The number of sulfone groups is 1. The van der Waals surface area contributed by atoms with Crippen LogP contribution in [0.5, 0.6) is 5.75 Å². The van der Waals surface area contributed by atoms with E-state index in [9.17, 15) is 8.42 Å². The zero-order chi connectivity index (χ0) is 19.9. The first kappa shape index (κ1) is 21.5. The van der Waals surface area contributed by atoms with E-state index < -0.39 is 9.84 Å².